The second kappa shape index (κ2) is 7.94. The maximum atomic E-state index is 12.6. The molecule has 1 aromatic rings. The van der Waals surface area contributed by atoms with E-state index in [0.29, 0.717) is 31.5 Å². The van der Waals surface area contributed by atoms with Crippen LogP contribution in [0.25, 0.3) is 0 Å². The summed E-state index contributed by atoms with van der Waals surface area (Å²) in [5, 5.41) is 20.1. The Labute approximate surface area is 150 Å². The third-order valence-corrected chi connectivity index (χ3v) is 4.50. The SMILES string of the molecule is Cc1ccc([N+](=O)[O-])c(C(=O)N(C)CC(=O)N2CCC(C(=O)O)CC2)c1. The Bertz CT molecular complexity index is 740. The van der Waals surface area contributed by atoms with Crippen LogP contribution in [0.3, 0.4) is 0 Å². The van der Waals surface area contributed by atoms with Crippen molar-refractivity contribution < 1.29 is 24.4 Å². The highest BCUT2D eigenvalue weighted by atomic mass is 16.6. The van der Waals surface area contributed by atoms with Gasteiger partial charge in [-0.05, 0) is 31.4 Å². The number of amides is 2. The molecular weight excluding hydrogens is 342 g/mol. The van der Waals surface area contributed by atoms with Crippen molar-refractivity contribution in [1.82, 2.24) is 9.80 Å². The number of hydrogen-bond donors (Lipinski definition) is 1. The van der Waals surface area contributed by atoms with Gasteiger partial charge in [0.25, 0.3) is 11.6 Å². The molecule has 1 saturated heterocycles. The van der Waals surface area contributed by atoms with Gasteiger partial charge in [0.2, 0.25) is 5.91 Å². The van der Waals surface area contributed by atoms with Crippen LogP contribution in [0, 0.1) is 23.0 Å². The highest BCUT2D eigenvalue weighted by Crippen LogP contribution is 2.22. The minimum absolute atomic E-state index is 0.0603. The third-order valence-electron chi connectivity index (χ3n) is 4.50. The molecule has 1 heterocycles. The Morgan fingerprint density at radius 3 is 2.46 bits per heavy atom. The zero-order valence-corrected chi connectivity index (χ0v) is 14.7. The molecule has 1 aliphatic heterocycles. The van der Waals surface area contributed by atoms with E-state index in [0.717, 1.165) is 4.90 Å². The maximum Gasteiger partial charge on any atom is 0.306 e. The van der Waals surface area contributed by atoms with E-state index < -0.39 is 22.7 Å². The van der Waals surface area contributed by atoms with E-state index in [4.69, 9.17) is 5.11 Å². The molecule has 0 atom stereocenters. The van der Waals surface area contributed by atoms with Crippen LogP contribution >= 0.6 is 0 Å². The molecule has 9 nitrogen and oxygen atoms in total. The Kier molecular flexibility index (Phi) is 5.91. The maximum absolute atomic E-state index is 12.6. The van der Waals surface area contributed by atoms with Crippen LogP contribution in [0.1, 0.15) is 28.8 Å². The molecule has 2 rings (SSSR count). The van der Waals surface area contributed by atoms with Crippen molar-refractivity contribution in [3.63, 3.8) is 0 Å². The largest absolute Gasteiger partial charge is 0.481 e. The first kappa shape index (κ1) is 19.4. The number of benzene rings is 1. The van der Waals surface area contributed by atoms with Crippen LogP contribution in [-0.4, -0.2) is 64.3 Å². The topological polar surface area (TPSA) is 121 Å². The molecule has 9 heteroatoms. The molecule has 0 aromatic heterocycles. The predicted molar refractivity (Wildman–Crippen MR) is 91.7 cm³/mol. The molecule has 0 bridgehead atoms. The van der Waals surface area contributed by atoms with Crippen molar-refractivity contribution in [2.45, 2.75) is 19.8 Å². The average molecular weight is 363 g/mol. The van der Waals surface area contributed by atoms with Gasteiger partial charge in [0, 0.05) is 26.2 Å². The van der Waals surface area contributed by atoms with E-state index in [2.05, 4.69) is 0 Å². The lowest BCUT2D eigenvalue weighted by atomic mass is 9.97. The fraction of sp³-hybridized carbons (Fsp3) is 0.471. The first-order chi connectivity index (χ1) is 12.2. The molecule has 26 heavy (non-hydrogen) atoms. The summed E-state index contributed by atoms with van der Waals surface area (Å²) in [4.78, 5) is 49.0. The first-order valence-electron chi connectivity index (χ1n) is 8.21. The predicted octanol–water partition coefficient (Wildman–Crippen LogP) is 1.30. The van der Waals surface area contributed by atoms with Crippen LogP contribution in [0.4, 0.5) is 5.69 Å². The van der Waals surface area contributed by atoms with E-state index in [1.165, 1.54) is 24.1 Å². The second-order valence-corrected chi connectivity index (χ2v) is 6.43. The van der Waals surface area contributed by atoms with Gasteiger partial charge in [0.1, 0.15) is 5.56 Å². The zero-order chi connectivity index (χ0) is 19.4. The van der Waals surface area contributed by atoms with Crippen molar-refractivity contribution >= 4 is 23.5 Å². The Hall–Kier alpha value is -2.97. The van der Waals surface area contributed by atoms with Crippen LogP contribution in [0.15, 0.2) is 18.2 Å². The molecule has 0 radical (unpaired) electrons. The van der Waals surface area contributed by atoms with Gasteiger partial charge < -0.3 is 14.9 Å². The van der Waals surface area contributed by atoms with Crippen molar-refractivity contribution in [3.05, 3.63) is 39.4 Å². The molecule has 1 aromatic carbocycles. The standard InChI is InChI=1S/C17H21N3O6/c1-11-3-4-14(20(25)26)13(9-11)16(22)18(2)10-15(21)19-7-5-12(6-8-19)17(23)24/h3-4,9,12H,5-8,10H2,1-2H3,(H,23,24). The Morgan fingerprint density at radius 1 is 1.31 bits per heavy atom. The summed E-state index contributed by atoms with van der Waals surface area (Å²) in [5.41, 5.74) is 0.339. The summed E-state index contributed by atoms with van der Waals surface area (Å²) in [6.07, 6.45) is 0.754. The molecule has 0 saturated carbocycles. The summed E-state index contributed by atoms with van der Waals surface area (Å²) in [6.45, 7) is 2.14. The molecule has 1 N–H and O–H groups in total. The van der Waals surface area contributed by atoms with Gasteiger partial charge in [-0.15, -0.1) is 0 Å². The van der Waals surface area contributed by atoms with Gasteiger partial charge in [-0.1, -0.05) is 6.07 Å². The number of aryl methyl sites for hydroxylation is 1. The lowest BCUT2D eigenvalue weighted by molar-refractivity contribution is -0.385. The summed E-state index contributed by atoms with van der Waals surface area (Å²) in [6, 6.07) is 4.25. The number of carboxylic acid groups (broad SMARTS) is 1. The molecule has 2 amide bonds. The van der Waals surface area contributed by atoms with E-state index in [-0.39, 0.29) is 23.7 Å². The van der Waals surface area contributed by atoms with Crippen LogP contribution in [-0.2, 0) is 9.59 Å². The number of carbonyl (C=O) groups is 3. The summed E-state index contributed by atoms with van der Waals surface area (Å²) < 4.78 is 0. The number of nitro groups is 1. The van der Waals surface area contributed by atoms with Crippen molar-refractivity contribution in [2.75, 3.05) is 26.7 Å². The minimum Gasteiger partial charge on any atom is -0.481 e. The van der Waals surface area contributed by atoms with Crippen LogP contribution < -0.4 is 0 Å². The van der Waals surface area contributed by atoms with Gasteiger partial charge in [-0.25, -0.2) is 0 Å². The summed E-state index contributed by atoms with van der Waals surface area (Å²) in [5.74, 6) is -2.22. The normalized spacial score (nSPS) is 14.8. The van der Waals surface area contributed by atoms with Crippen molar-refractivity contribution in [1.29, 1.82) is 0 Å². The van der Waals surface area contributed by atoms with E-state index in [1.54, 1.807) is 13.0 Å². The minimum atomic E-state index is -0.865. The summed E-state index contributed by atoms with van der Waals surface area (Å²) >= 11 is 0. The number of aliphatic carboxylic acids is 1. The third kappa shape index (κ3) is 4.35. The Balaban J connectivity index is 2.04. The van der Waals surface area contributed by atoms with Gasteiger partial charge in [0.05, 0.1) is 17.4 Å². The molecule has 0 aliphatic carbocycles. The number of hydrogen-bond acceptors (Lipinski definition) is 5. The number of carbonyl (C=O) groups excluding carboxylic acids is 2. The lowest BCUT2D eigenvalue weighted by Gasteiger charge is -2.31. The highest BCUT2D eigenvalue weighted by Gasteiger charge is 2.29. The fourth-order valence-corrected chi connectivity index (χ4v) is 2.94. The number of likely N-dealkylation sites (tertiary alicyclic amines) is 1. The van der Waals surface area contributed by atoms with E-state index in [1.807, 2.05) is 0 Å². The van der Waals surface area contributed by atoms with E-state index >= 15 is 0 Å². The first-order valence-corrected chi connectivity index (χ1v) is 8.21. The average Bonchev–Trinajstić information content (AvgIpc) is 2.60. The molecule has 140 valence electrons. The summed E-state index contributed by atoms with van der Waals surface area (Å²) in [7, 11) is 1.41. The number of carboxylic acids is 1. The molecule has 0 spiro atoms. The van der Waals surface area contributed by atoms with Crippen LogP contribution in [0.5, 0.6) is 0 Å². The number of piperidine rings is 1. The fourth-order valence-electron chi connectivity index (χ4n) is 2.94. The van der Waals surface area contributed by atoms with Crippen LogP contribution in [0.2, 0.25) is 0 Å². The monoisotopic (exact) mass is 363 g/mol. The number of rotatable bonds is 5. The lowest BCUT2D eigenvalue weighted by Crippen LogP contribution is -2.45. The molecular formula is C17H21N3O6. The van der Waals surface area contributed by atoms with Gasteiger partial charge in [0.15, 0.2) is 0 Å². The number of nitro benzene ring substituents is 1. The molecule has 0 unspecified atom stereocenters. The van der Waals surface area contributed by atoms with Gasteiger partial charge in [-0.2, -0.15) is 0 Å². The zero-order valence-electron chi connectivity index (χ0n) is 14.7. The van der Waals surface area contributed by atoms with Crippen molar-refractivity contribution in [2.24, 2.45) is 5.92 Å². The van der Waals surface area contributed by atoms with Crippen molar-refractivity contribution in [3.8, 4) is 0 Å². The number of likely N-dealkylation sites (N-methyl/N-ethyl adjacent to an activating group) is 1. The second-order valence-electron chi connectivity index (χ2n) is 6.43. The highest BCUT2D eigenvalue weighted by molar-refractivity contribution is 5.99. The van der Waals surface area contributed by atoms with Gasteiger partial charge in [-0.3, -0.25) is 24.5 Å². The van der Waals surface area contributed by atoms with E-state index in [9.17, 15) is 24.5 Å². The smallest absolute Gasteiger partial charge is 0.306 e. The quantitative estimate of drug-likeness (QED) is 0.622. The molecule has 1 fully saturated rings. The number of nitrogens with zero attached hydrogens (tertiary/aromatic N) is 3. The molecule has 1 aliphatic rings. The van der Waals surface area contributed by atoms with Gasteiger partial charge >= 0.3 is 5.97 Å². The Morgan fingerprint density at radius 2 is 1.92 bits per heavy atom.